The maximum Gasteiger partial charge on any atom is 0.0443 e. The van der Waals surface area contributed by atoms with E-state index >= 15 is 0 Å². The van der Waals surface area contributed by atoms with E-state index in [1.165, 1.54) is 35.7 Å². The predicted octanol–water partition coefficient (Wildman–Crippen LogP) is 3.67. The summed E-state index contributed by atoms with van der Waals surface area (Å²) in [6.07, 6.45) is 4.08. The van der Waals surface area contributed by atoms with E-state index in [1.807, 2.05) is 0 Å². The monoisotopic (exact) mass is 268 g/mol. The molecule has 0 amide bonds. The molecule has 1 aliphatic rings. The van der Waals surface area contributed by atoms with Crippen LogP contribution >= 0.6 is 0 Å². The van der Waals surface area contributed by atoms with E-state index in [4.69, 9.17) is 0 Å². The summed E-state index contributed by atoms with van der Waals surface area (Å²) < 4.78 is 0. The van der Waals surface area contributed by atoms with Gasteiger partial charge in [-0.25, -0.2) is 0 Å². The van der Waals surface area contributed by atoms with Crippen molar-refractivity contribution in [1.29, 1.82) is 0 Å². The van der Waals surface area contributed by atoms with Crippen LogP contribution in [0.5, 0.6) is 0 Å². The number of nitrogens with one attached hydrogen (secondary N) is 1. The minimum Gasteiger partial charge on any atom is -0.373 e. The van der Waals surface area contributed by atoms with E-state index in [2.05, 4.69) is 66.8 Å². The van der Waals surface area contributed by atoms with E-state index < -0.39 is 0 Å². The molecule has 2 heteroatoms. The van der Waals surface area contributed by atoms with Gasteiger partial charge < -0.3 is 10.2 Å². The maximum absolute atomic E-state index is 3.38. The highest BCUT2D eigenvalue weighted by Crippen LogP contribution is 2.42. The summed E-state index contributed by atoms with van der Waals surface area (Å²) in [5.41, 5.74) is 1.82. The lowest BCUT2D eigenvalue weighted by atomic mass is 9.68. The lowest BCUT2D eigenvalue weighted by molar-refractivity contribution is 0.143. The summed E-state index contributed by atoms with van der Waals surface area (Å²) >= 11 is 0. The van der Waals surface area contributed by atoms with E-state index in [9.17, 15) is 0 Å². The minimum absolute atomic E-state index is 0.473. The van der Waals surface area contributed by atoms with Gasteiger partial charge in [0.05, 0.1) is 0 Å². The first-order chi connectivity index (χ1) is 9.74. The second-order valence-electron chi connectivity index (χ2n) is 6.24. The zero-order chi connectivity index (χ0) is 14.0. The normalized spacial score (nSPS) is 16.9. The molecule has 0 spiro atoms. The molecule has 3 rings (SSSR count). The molecule has 2 aromatic rings. The van der Waals surface area contributed by atoms with Crippen molar-refractivity contribution >= 4 is 16.5 Å². The first-order valence-electron chi connectivity index (χ1n) is 7.58. The summed E-state index contributed by atoms with van der Waals surface area (Å²) in [4.78, 5) is 2.44. The van der Waals surface area contributed by atoms with Gasteiger partial charge in [0.2, 0.25) is 0 Å². The fourth-order valence-electron chi connectivity index (χ4n) is 3.57. The molecule has 2 nitrogen and oxygen atoms in total. The molecule has 106 valence electrons. The summed E-state index contributed by atoms with van der Waals surface area (Å²) in [6, 6.07) is 15.3. The first kappa shape index (κ1) is 13.4. The van der Waals surface area contributed by atoms with Crippen molar-refractivity contribution in [2.45, 2.75) is 19.3 Å². The first-order valence-corrected chi connectivity index (χ1v) is 7.58. The Morgan fingerprint density at radius 1 is 1.10 bits per heavy atom. The van der Waals surface area contributed by atoms with Gasteiger partial charge in [0.25, 0.3) is 0 Å². The molecule has 0 atom stereocenters. The van der Waals surface area contributed by atoms with Gasteiger partial charge in [-0.05, 0) is 31.3 Å². The Labute approximate surface area is 121 Å². The highest BCUT2D eigenvalue weighted by Gasteiger charge is 2.37. The molecule has 1 N–H and O–H groups in total. The molecule has 1 aliphatic carbocycles. The molecule has 0 radical (unpaired) electrons. The standard InChI is InChI=1S/C18H24N2/c1-19-13-18(11-6-12-18)14-20(2)17-10-5-8-15-7-3-4-9-16(15)17/h3-5,7-10,19H,6,11-14H2,1-2H3. The van der Waals surface area contributed by atoms with Crippen LogP contribution in [-0.2, 0) is 0 Å². The van der Waals surface area contributed by atoms with Crippen LogP contribution in [0.2, 0.25) is 0 Å². The van der Waals surface area contributed by atoms with Crippen molar-refractivity contribution < 1.29 is 0 Å². The Morgan fingerprint density at radius 2 is 1.85 bits per heavy atom. The van der Waals surface area contributed by atoms with Crippen LogP contribution in [0.1, 0.15) is 19.3 Å². The highest BCUT2D eigenvalue weighted by atomic mass is 15.1. The Kier molecular flexibility index (Phi) is 3.66. The third kappa shape index (κ3) is 2.40. The van der Waals surface area contributed by atoms with E-state index in [0.717, 1.165) is 13.1 Å². The van der Waals surface area contributed by atoms with Crippen LogP contribution in [0.25, 0.3) is 10.8 Å². The SMILES string of the molecule is CNCC1(CN(C)c2cccc3ccccc23)CCC1. The van der Waals surface area contributed by atoms with Gasteiger partial charge in [0.15, 0.2) is 0 Å². The van der Waals surface area contributed by atoms with Crippen molar-refractivity contribution in [3.05, 3.63) is 42.5 Å². The number of hydrogen-bond donors (Lipinski definition) is 1. The number of hydrogen-bond acceptors (Lipinski definition) is 2. The molecule has 0 saturated heterocycles. The smallest absolute Gasteiger partial charge is 0.0443 e. The quantitative estimate of drug-likeness (QED) is 0.890. The van der Waals surface area contributed by atoms with E-state index in [0.29, 0.717) is 5.41 Å². The lowest BCUT2D eigenvalue weighted by Crippen LogP contribution is -2.47. The van der Waals surface area contributed by atoms with Crippen LogP contribution in [-0.4, -0.2) is 27.2 Å². The number of benzene rings is 2. The zero-order valence-electron chi connectivity index (χ0n) is 12.5. The summed E-state index contributed by atoms with van der Waals surface area (Å²) in [7, 11) is 4.30. The molecule has 2 aromatic carbocycles. The van der Waals surface area contributed by atoms with Gasteiger partial charge in [0, 0.05) is 36.6 Å². The Balaban J connectivity index is 1.87. The maximum atomic E-state index is 3.38. The average molecular weight is 268 g/mol. The van der Waals surface area contributed by atoms with Crippen LogP contribution < -0.4 is 10.2 Å². The largest absolute Gasteiger partial charge is 0.373 e. The van der Waals surface area contributed by atoms with Gasteiger partial charge >= 0.3 is 0 Å². The predicted molar refractivity (Wildman–Crippen MR) is 87.4 cm³/mol. The van der Waals surface area contributed by atoms with Crippen LogP contribution in [0.15, 0.2) is 42.5 Å². The van der Waals surface area contributed by atoms with Crippen molar-refractivity contribution in [2.24, 2.45) is 5.41 Å². The molecule has 0 bridgehead atoms. The Morgan fingerprint density at radius 3 is 2.55 bits per heavy atom. The van der Waals surface area contributed by atoms with Crippen LogP contribution in [0.4, 0.5) is 5.69 Å². The minimum atomic E-state index is 0.473. The molecule has 1 saturated carbocycles. The van der Waals surface area contributed by atoms with Gasteiger partial charge in [-0.3, -0.25) is 0 Å². The van der Waals surface area contributed by atoms with Crippen molar-refractivity contribution in [3.8, 4) is 0 Å². The second-order valence-corrected chi connectivity index (χ2v) is 6.24. The van der Waals surface area contributed by atoms with Gasteiger partial charge in [0.1, 0.15) is 0 Å². The number of fused-ring (bicyclic) bond motifs is 1. The number of nitrogens with zero attached hydrogens (tertiary/aromatic N) is 1. The average Bonchev–Trinajstić information content (AvgIpc) is 2.44. The molecular formula is C18H24N2. The van der Waals surface area contributed by atoms with Crippen molar-refractivity contribution in [1.82, 2.24) is 5.32 Å². The zero-order valence-corrected chi connectivity index (χ0v) is 12.5. The fraction of sp³-hybridized carbons (Fsp3) is 0.444. The lowest BCUT2D eigenvalue weighted by Gasteiger charge is -2.45. The highest BCUT2D eigenvalue weighted by molar-refractivity contribution is 5.94. The summed E-state index contributed by atoms with van der Waals surface area (Å²) in [5, 5.41) is 6.06. The van der Waals surface area contributed by atoms with Crippen LogP contribution in [0.3, 0.4) is 0 Å². The second kappa shape index (κ2) is 5.45. The van der Waals surface area contributed by atoms with Gasteiger partial charge in [-0.1, -0.05) is 42.8 Å². The fourth-order valence-corrected chi connectivity index (χ4v) is 3.57. The topological polar surface area (TPSA) is 15.3 Å². The van der Waals surface area contributed by atoms with Gasteiger partial charge in [-0.15, -0.1) is 0 Å². The molecule has 0 aliphatic heterocycles. The molecule has 1 fully saturated rings. The summed E-state index contributed by atoms with van der Waals surface area (Å²) in [6.45, 7) is 2.27. The molecule has 0 heterocycles. The molecule has 0 aromatic heterocycles. The third-order valence-corrected chi connectivity index (χ3v) is 4.72. The third-order valence-electron chi connectivity index (χ3n) is 4.72. The summed E-state index contributed by atoms with van der Waals surface area (Å²) in [5.74, 6) is 0. The molecular weight excluding hydrogens is 244 g/mol. The molecule has 20 heavy (non-hydrogen) atoms. The van der Waals surface area contributed by atoms with Gasteiger partial charge in [-0.2, -0.15) is 0 Å². The van der Waals surface area contributed by atoms with Crippen LogP contribution in [0, 0.1) is 5.41 Å². The Bertz CT molecular complexity index is 581. The van der Waals surface area contributed by atoms with Crippen molar-refractivity contribution in [2.75, 3.05) is 32.1 Å². The van der Waals surface area contributed by atoms with Crippen molar-refractivity contribution in [3.63, 3.8) is 0 Å². The Hall–Kier alpha value is -1.54. The number of rotatable bonds is 5. The molecule has 0 unspecified atom stereocenters. The van der Waals surface area contributed by atoms with E-state index in [1.54, 1.807) is 0 Å². The number of anilines is 1. The van der Waals surface area contributed by atoms with E-state index in [-0.39, 0.29) is 0 Å².